The molecule has 3 aromatic rings. The quantitative estimate of drug-likeness (QED) is 0.630. The highest BCUT2D eigenvalue weighted by molar-refractivity contribution is 5.95. The Labute approximate surface area is 181 Å². The van der Waals surface area contributed by atoms with Crippen LogP contribution in [0.25, 0.3) is 11.1 Å². The van der Waals surface area contributed by atoms with Crippen molar-refractivity contribution >= 4 is 11.6 Å². The number of hydrogen-bond acceptors (Lipinski definition) is 4. The van der Waals surface area contributed by atoms with Gasteiger partial charge < -0.3 is 9.64 Å². The lowest BCUT2D eigenvalue weighted by molar-refractivity contribution is -0.117. The Morgan fingerprint density at radius 1 is 1.16 bits per heavy atom. The molecule has 6 nitrogen and oxygen atoms in total. The van der Waals surface area contributed by atoms with Gasteiger partial charge in [-0.1, -0.05) is 0 Å². The fraction of sp³-hybridized carbons (Fsp3) is 0.320. The molecule has 156 valence electrons. The highest BCUT2D eigenvalue weighted by Crippen LogP contribution is 2.49. The third-order valence-corrected chi connectivity index (χ3v) is 6.24. The fourth-order valence-electron chi connectivity index (χ4n) is 4.52. The summed E-state index contributed by atoms with van der Waals surface area (Å²) in [5, 5.41) is 16.6. The summed E-state index contributed by atoms with van der Waals surface area (Å²) in [7, 11) is 0. The topological polar surface area (TPSA) is 82.0 Å². The molecule has 1 saturated carbocycles. The molecule has 2 heterocycles. The first-order chi connectivity index (χ1) is 15.1. The van der Waals surface area contributed by atoms with Crippen molar-refractivity contribution in [2.75, 3.05) is 4.90 Å². The van der Waals surface area contributed by atoms with Gasteiger partial charge in [0, 0.05) is 41.3 Å². The van der Waals surface area contributed by atoms with Crippen molar-refractivity contribution in [1.82, 2.24) is 10.2 Å². The van der Waals surface area contributed by atoms with Crippen LogP contribution >= 0.6 is 0 Å². The van der Waals surface area contributed by atoms with Crippen LogP contribution in [0.4, 0.5) is 5.69 Å². The Morgan fingerprint density at radius 3 is 2.61 bits per heavy atom. The molecule has 0 radical (unpaired) electrons. The SMILES string of the molecule is CC(=O)N1c2ccc(-c3cn[nH]c3C3CC3)c(Oc3ccc(C#N)cc3)c2CC[C@@H]1C. The van der Waals surface area contributed by atoms with Crippen LogP contribution in [0, 0.1) is 11.3 Å². The Hall–Kier alpha value is -3.59. The third-order valence-electron chi connectivity index (χ3n) is 6.24. The summed E-state index contributed by atoms with van der Waals surface area (Å²) in [6.45, 7) is 3.70. The number of nitrogens with one attached hydrogen (secondary N) is 1. The largest absolute Gasteiger partial charge is 0.456 e. The standard InChI is InChI=1S/C25H24N4O2/c1-15-3-10-21-23(29(15)16(2)30)12-11-20(22-14-27-28-24(22)18-6-7-18)25(21)31-19-8-4-17(13-26)5-9-19/h4-5,8-9,11-12,14-15,18H,3,6-7,10H2,1-2H3,(H,27,28)/t15-/m0/s1. The summed E-state index contributed by atoms with van der Waals surface area (Å²) >= 11 is 0. The molecule has 1 amide bonds. The molecule has 0 spiro atoms. The summed E-state index contributed by atoms with van der Waals surface area (Å²) in [5.41, 5.74) is 5.73. The number of aromatic nitrogens is 2. The minimum absolute atomic E-state index is 0.0347. The second-order valence-corrected chi connectivity index (χ2v) is 8.43. The Bertz CT molecular complexity index is 1190. The van der Waals surface area contributed by atoms with Crippen molar-refractivity contribution in [3.8, 4) is 28.7 Å². The molecule has 0 unspecified atom stereocenters. The van der Waals surface area contributed by atoms with Crippen molar-refractivity contribution < 1.29 is 9.53 Å². The second-order valence-electron chi connectivity index (χ2n) is 8.43. The number of hydrogen-bond donors (Lipinski definition) is 1. The molecule has 2 aromatic carbocycles. The van der Waals surface area contributed by atoms with E-state index < -0.39 is 0 Å². The molecule has 1 fully saturated rings. The molecule has 1 aromatic heterocycles. The van der Waals surface area contributed by atoms with E-state index in [2.05, 4.69) is 23.2 Å². The fourth-order valence-corrected chi connectivity index (χ4v) is 4.52. The number of carbonyl (C=O) groups is 1. The van der Waals surface area contributed by atoms with E-state index in [1.165, 1.54) is 12.8 Å². The molecule has 5 rings (SSSR count). The number of carbonyl (C=O) groups excluding carboxylic acids is 1. The van der Waals surface area contributed by atoms with Gasteiger partial charge in [-0.15, -0.1) is 0 Å². The number of benzene rings is 2. The Balaban J connectivity index is 1.66. The summed E-state index contributed by atoms with van der Waals surface area (Å²) in [4.78, 5) is 14.3. The molecule has 31 heavy (non-hydrogen) atoms. The van der Waals surface area contributed by atoms with Crippen molar-refractivity contribution in [1.29, 1.82) is 5.26 Å². The number of fused-ring (bicyclic) bond motifs is 1. The van der Waals surface area contributed by atoms with Crippen LogP contribution in [-0.4, -0.2) is 22.1 Å². The van der Waals surface area contributed by atoms with Gasteiger partial charge in [-0.3, -0.25) is 9.89 Å². The molecular formula is C25H24N4O2. The summed E-state index contributed by atoms with van der Waals surface area (Å²) in [5.74, 6) is 1.99. The zero-order valence-electron chi connectivity index (χ0n) is 17.7. The zero-order chi connectivity index (χ0) is 21.5. The average molecular weight is 412 g/mol. The van der Waals surface area contributed by atoms with Crippen LogP contribution in [0.1, 0.15) is 55.8 Å². The number of nitriles is 1. The van der Waals surface area contributed by atoms with E-state index in [-0.39, 0.29) is 11.9 Å². The van der Waals surface area contributed by atoms with Crippen LogP contribution in [-0.2, 0) is 11.2 Å². The highest BCUT2D eigenvalue weighted by atomic mass is 16.5. The molecule has 1 atom stereocenters. The third kappa shape index (κ3) is 3.46. The van der Waals surface area contributed by atoms with Gasteiger partial charge >= 0.3 is 0 Å². The van der Waals surface area contributed by atoms with Gasteiger partial charge in [0.25, 0.3) is 0 Å². The second kappa shape index (κ2) is 7.59. The predicted molar refractivity (Wildman–Crippen MR) is 118 cm³/mol. The van der Waals surface area contributed by atoms with E-state index in [0.717, 1.165) is 46.7 Å². The molecule has 1 aliphatic heterocycles. The highest BCUT2D eigenvalue weighted by Gasteiger charge is 2.33. The number of H-pyrrole nitrogens is 1. The van der Waals surface area contributed by atoms with Crippen molar-refractivity contribution in [3.63, 3.8) is 0 Å². The first-order valence-electron chi connectivity index (χ1n) is 10.7. The maximum absolute atomic E-state index is 12.4. The van der Waals surface area contributed by atoms with E-state index in [9.17, 15) is 4.79 Å². The zero-order valence-corrected chi connectivity index (χ0v) is 17.7. The number of ether oxygens (including phenoxy) is 1. The van der Waals surface area contributed by atoms with Crippen LogP contribution in [0.5, 0.6) is 11.5 Å². The van der Waals surface area contributed by atoms with Gasteiger partial charge in [-0.25, -0.2) is 0 Å². The van der Waals surface area contributed by atoms with Crippen LogP contribution in [0.2, 0.25) is 0 Å². The van der Waals surface area contributed by atoms with Crippen molar-refractivity contribution in [3.05, 3.63) is 59.4 Å². The smallest absolute Gasteiger partial charge is 0.224 e. The van der Waals surface area contributed by atoms with Gasteiger partial charge in [0.2, 0.25) is 5.91 Å². The van der Waals surface area contributed by atoms with Gasteiger partial charge in [-0.05, 0) is 69.0 Å². The summed E-state index contributed by atoms with van der Waals surface area (Å²) in [6.07, 6.45) is 5.91. The summed E-state index contributed by atoms with van der Waals surface area (Å²) in [6, 6.07) is 13.5. The van der Waals surface area contributed by atoms with Crippen molar-refractivity contribution in [2.24, 2.45) is 0 Å². The molecule has 6 heteroatoms. The number of nitrogens with zero attached hydrogens (tertiary/aromatic N) is 3. The van der Waals surface area contributed by atoms with E-state index >= 15 is 0 Å². The molecular weight excluding hydrogens is 388 g/mol. The Kier molecular flexibility index (Phi) is 4.74. The van der Waals surface area contributed by atoms with Crippen LogP contribution in [0.15, 0.2) is 42.6 Å². The maximum atomic E-state index is 12.4. The molecule has 0 saturated heterocycles. The molecule has 0 bridgehead atoms. The number of rotatable bonds is 4. The monoisotopic (exact) mass is 412 g/mol. The van der Waals surface area contributed by atoms with Crippen LogP contribution in [0.3, 0.4) is 0 Å². The lowest BCUT2D eigenvalue weighted by Gasteiger charge is -2.36. The average Bonchev–Trinajstić information content (AvgIpc) is 3.50. The Morgan fingerprint density at radius 2 is 1.94 bits per heavy atom. The predicted octanol–water partition coefficient (Wildman–Crippen LogP) is 5.31. The lowest BCUT2D eigenvalue weighted by atomic mass is 9.91. The molecule has 1 N–H and O–H groups in total. The van der Waals surface area contributed by atoms with Gasteiger partial charge in [0.05, 0.1) is 23.5 Å². The number of amides is 1. The van der Waals surface area contributed by atoms with Crippen molar-refractivity contribution in [2.45, 2.75) is 51.5 Å². The van der Waals surface area contributed by atoms with Gasteiger partial charge in [0.1, 0.15) is 11.5 Å². The molecule has 2 aliphatic rings. The van der Waals surface area contributed by atoms with E-state index in [4.69, 9.17) is 10.00 Å². The minimum Gasteiger partial charge on any atom is -0.456 e. The van der Waals surface area contributed by atoms with Gasteiger partial charge in [-0.2, -0.15) is 10.4 Å². The van der Waals surface area contributed by atoms with E-state index in [0.29, 0.717) is 17.2 Å². The number of anilines is 1. The number of aromatic amines is 1. The molecule has 1 aliphatic carbocycles. The first-order valence-corrected chi connectivity index (χ1v) is 10.7. The minimum atomic E-state index is 0.0347. The van der Waals surface area contributed by atoms with E-state index in [1.54, 1.807) is 19.1 Å². The lowest BCUT2D eigenvalue weighted by Crippen LogP contribution is -2.40. The van der Waals surface area contributed by atoms with Gasteiger partial charge in [0.15, 0.2) is 0 Å². The van der Waals surface area contributed by atoms with E-state index in [1.807, 2.05) is 35.4 Å². The normalized spacial score (nSPS) is 17.7. The first kappa shape index (κ1) is 19.4. The maximum Gasteiger partial charge on any atom is 0.224 e. The van der Waals surface area contributed by atoms with Crippen LogP contribution < -0.4 is 9.64 Å². The summed E-state index contributed by atoms with van der Waals surface area (Å²) < 4.78 is 6.46.